The first-order chi connectivity index (χ1) is 8.45. The molecule has 0 bridgehead atoms. The monoisotopic (exact) mass is 273 g/mol. The summed E-state index contributed by atoms with van der Waals surface area (Å²) in [5.74, 6) is 0.0113. The third-order valence-corrected chi connectivity index (χ3v) is 5.22. The standard InChI is InChI=1S/C11H19N3O3S/c1-3-9-6-14(5-4-10(9)15)18(16,17)11-7-13(2)8-12-11/h7-10,15H,3-6H2,1-2H3. The van der Waals surface area contributed by atoms with Crippen LogP contribution in [0.3, 0.4) is 0 Å². The number of sulfonamides is 1. The first-order valence-electron chi connectivity index (χ1n) is 6.11. The van der Waals surface area contributed by atoms with Gasteiger partial charge in [-0.05, 0) is 18.8 Å². The van der Waals surface area contributed by atoms with Crippen molar-refractivity contribution in [2.75, 3.05) is 13.1 Å². The van der Waals surface area contributed by atoms with E-state index < -0.39 is 16.1 Å². The Morgan fingerprint density at radius 1 is 1.56 bits per heavy atom. The molecule has 1 aliphatic rings. The molecule has 1 N–H and O–H groups in total. The molecule has 2 heterocycles. The molecule has 0 amide bonds. The van der Waals surface area contributed by atoms with Crippen molar-refractivity contribution in [2.24, 2.45) is 13.0 Å². The molecule has 1 aliphatic heterocycles. The number of aromatic nitrogens is 2. The normalized spacial score (nSPS) is 26.4. The lowest BCUT2D eigenvalue weighted by molar-refractivity contribution is 0.0520. The molecule has 102 valence electrons. The van der Waals surface area contributed by atoms with Crippen molar-refractivity contribution in [1.82, 2.24) is 13.9 Å². The van der Waals surface area contributed by atoms with Gasteiger partial charge in [-0.2, -0.15) is 4.31 Å². The number of aliphatic hydroxyl groups excluding tert-OH is 1. The molecular formula is C11H19N3O3S. The summed E-state index contributed by atoms with van der Waals surface area (Å²) in [4.78, 5) is 3.90. The Balaban J connectivity index is 2.21. The molecule has 2 atom stereocenters. The van der Waals surface area contributed by atoms with E-state index >= 15 is 0 Å². The fourth-order valence-electron chi connectivity index (χ4n) is 2.26. The van der Waals surface area contributed by atoms with Gasteiger partial charge in [0.25, 0.3) is 10.0 Å². The van der Waals surface area contributed by atoms with Gasteiger partial charge in [0.1, 0.15) is 0 Å². The number of nitrogens with zero attached hydrogens (tertiary/aromatic N) is 3. The van der Waals surface area contributed by atoms with Crippen LogP contribution in [0.1, 0.15) is 19.8 Å². The number of aliphatic hydroxyl groups is 1. The molecule has 18 heavy (non-hydrogen) atoms. The number of rotatable bonds is 3. The van der Waals surface area contributed by atoms with E-state index in [-0.39, 0.29) is 10.9 Å². The second kappa shape index (κ2) is 4.99. The molecule has 6 nitrogen and oxygen atoms in total. The van der Waals surface area contributed by atoms with Crippen molar-refractivity contribution in [3.63, 3.8) is 0 Å². The summed E-state index contributed by atoms with van der Waals surface area (Å²) >= 11 is 0. The van der Waals surface area contributed by atoms with E-state index in [1.165, 1.54) is 16.8 Å². The van der Waals surface area contributed by atoms with Crippen LogP contribution in [0.15, 0.2) is 17.6 Å². The zero-order chi connectivity index (χ0) is 13.3. The molecule has 2 unspecified atom stereocenters. The highest BCUT2D eigenvalue weighted by molar-refractivity contribution is 7.89. The Hall–Kier alpha value is -0.920. The molecule has 0 spiro atoms. The van der Waals surface area contributed by atoms with Crippen LogP contribution in [0.4, 0.5) is 0 Å². The van der Waals surface area contributed by atoms with Gasteiger partial charge in [0.05, 0.1) is 12.4 Å². The summed E-state index contributed by atoms with van der Waals surface area (Å²) in [5.41, 5.74) is 0. The van der Waals surface area contributed by atoms with Crippen LogP contribution in [-0.4, -0.2) is 46.6 Å². The highest BCUT2D eigenvalue weighted by Gasteiger charge is 2.34. The Morgan fingerprint density at radius 2 is 2.28 bits per heavy atom. The molecule has 7 heteroatoms. The van der Waals surface area contributed by atoms with Crippen LogP contribution in [0, 0.1) is 5.92 Å². The van der Waals surface area contributed by atoms with Crippen LogP contribution in [0.5, 0.6) is 0 Å². The maximum absolute atomic E-state index is 12.3. The third kappa shape index (κ3) is 2.43. The minimum absolute atomic E-state index is 0.0113. The summed E-state index contributed by atoms with van der Waals surface area (Å²) in [5, 5.41) is 9.87. The molecule has 0 aromatic carbocycles. The number of imidazole rings is 1. The molecule has 1 saturated heterocycles. The summed E-state index contributed by atoms with van der Waals surface area (Å²) in [7, 11) is -1.78. The SMILES string of the molecule is CCC1CN(S(=O)(=O)c2cn(C)cn2)CCC1O. The fourth-order valence-corrected chi connectivity index (χ4v) is 3.74. The van der Waals surface area contributed by atoms with E-state index in [2.05, 4.69) is 4.98 Å². The number of hydrogen-bond donors (Lipinski definition) is 1. The van der Waals surface area contributed by atoms with Crippen molar-refractivity contribution in [3.8, 4) is 0 Å². The average molecular weight is 273 g/mol. The van der Waals surface area contributed by atoms with E-state index in [0.717, 1.165) is 6.42 Å². The Bertz CT molecular complexity index is 511. The minimum Gasteiger partial charge on any atom is -0.393 e. The molecular weight excluding hydrogens is 254 g/mol. The summed E-state index contributed by atoms with van der Waals surface area (Å²) in [6.07, 6.45) is 3.84. The van der Waals surface area contributed by atoms with E-state index in [4.69, 9.17) is 0 Å². The predicted molar refractivity (Wildman–Crippen MR) is 66.4 cm³/mol. The highest BCUT2D eigenvalue weighted by Crippen LogP contribution is 2.24. The Kier molecular flexibility index (Phi) is 3.74. The molecule has 1 aromatic heterocycles. The lowest BCUT2D eigenvalue weighted by atomic mass is 9.94. The van der Waals surface area contributed by atoms with Gasteiger partial charge >= 0.3 is 0 Å². The summed E-state index contributed by atoms with van der Waals surface area (Å²) < 4.78 is 27.7. The van der Waals surface area contributed by atoms with Crippen molar-refractivity contribution < 1.29 is 13.5 Å². The Morgan fingerprint density at radius 3 is 2.83 bits per heavy atom. The summed E-state index contributed by atoms with van der Waals surface area (Å²) in [6, 6.07) is 0. The van der Waals surface area contributed by atoms with Gasteiger partial charge in [0.15, 0.2) is 5.03 Å². The number of aryl methyl sites for hydroxylation is 1. The quantitative estimate of drug-likeness (QED) is 0.853. The summed E-state index contributed by atoms with van der Waals surface area (Å²) in [6.45, 7) is 2.69. The lowest BCUT2D eigenvalue weighted by Crippen LogP contribution is -2.45. The third-order valence-electron chi connectivity index (χ3n) is 3.47. The molecule has 1 fully saturated rings. The van der Waals surface area contributed by atoms with Crippen molar-refractivity contribution in [1.29, 1.82) is 0 Å². The maximum Gasteiger partial charge on any atom is 0.262 e. The first kappa shape index (κ1) is 13.5. The fraction of sp³-hybridized carbons (Fsp3) is 0.727. The van der Waals surface area contributed by atoms with Gasteiger partial charge in [0.2, 0.25) is 0 Å². The lowest BCUT2D eigenvalue weighted by Gasteiger charge is -2.34. The highest BCUT2D eigenvalue weighted by atomic mass is 32.2. The maximum atomic E-state index is 12.3. The van der Waals surface area contributed by atoms with Gasteiger partial charge in [-0.1, -0.05) is 6.92 Å². The van der Waals surface area contributed by atoms with E-state index in [9.17, 15) is 13.5 Å². The van der Waals surface area contributed by atoms with Crippen LogP contribution < -0.4 is 0 Å². The van der Waals surface area contributed by atoms with E-state index in [0.29, 0.717) is 19.5 Å². The Labute approximate surface area is 107 Å². The van der Waals surface area contributed by atoms with Crippen LogP contribution in [0.25, 0.3) is 0 Å². The van der Waals surface area contributed by atoms with Gasteiger partial charge in [-0.25, -0.2) is 13.4 Å². The van der Waals surface area contributed by atoms with Crippen LogP contribution >= 0.6 is 0 Å². The molecule has 1 aromatic rings. The van der Waals surface area contributed by atoms with E-state index in [1.807, 2.05) is 6.92 Å². The van der Waals surface area contributed by atoms with E-state index in [1.54, 1.807) is 11.6 Å². The number of piperidine rings is 1. The largest absolute Gasteiger partial charge is 0.393 e. The average Bonchev–Trinajstić information content (AvgIpc) is 2.77. The van der Waals surface area contributed by atoms with Crippen molar-refractivity contribution in [2.45, 2.75) is 30.9 Å². The predicted octanol–water partition coefficient (Wildman–Crippen LogP) is 0.202. The minimum atomic E-state index is -3.52. The van der Waals surface area contributed by atoms with Crippen LogP contribution in [-0.2, 0) is 17.1 Å². The van der Waals surface area contributed by atoms with Gasteiger partial charge in [0, 0.05) is 26.3 Å². The molecule has 0 aliphatic carbocycles. The molecule has 0 saturated carbocycles. The molecule has 2 rings (SSSR count). The molecule has 0 radical (unpaired) electrons. The zero-order valence-electron chi connectivity index (χ0n) is 10.7. The van der Waals surface area contributed by atoms with Gasteiger partial charge < -0.3 is 9.67 Å². The second-order valence-electron chi connectivity index (χ2n) is 4.76. The smallest absolute Gasteiger partial charge is 0.262 e. The van der Waals surface area contributed by atoms with Gasteiger partial charge in [-0.15, -0.1) is 0 Å². The van der Waals surface area contributed by atoms with Gasteiger partial charge in [-0.3, -0.25) is 0 Å². The zero-order valence-corrected chi connectivity index (χ0v) is 11.5. The topological polar surface area (TPSA) is 75.4 Å². The van der Waals surface area contributed by atoms with Crippen molar-refractivity contribution in [3.05, 3.63) is 12.5 Å². The second-order valence-corrected chi connectivity index (χ2v) is 6.65. The van der Waals surface area contributed by atoms with Crippen molar-refractivity contribution >= 4 is 10.0 Å². The number of hydrogen-bond acceptors (Lipinski definition) is 4. The van der Waals surface area contributed by atoms with Crippen LogP contribution in [0.2, 0.25) is 0 Å². The first-order valence-corrected chi connectivity index (χ1v) is 7.55.